The number of carbonyl (C=O) groups excluding carboxylic acids is 3. The van der Waals surface area contributed by atoms with E-state index in [0.29, 0.717) is 12.8 Å². The van der Waals surface area contributed by atoms with Crippen LogP contribution < -0.4 is 33.2 Å². The maximum absolute atomic E-state index is 13.5. The van der Waals surface area contributed by atoms with E-state index in [4.69, 9.17) is 22.3 Å². The molecule has 2 rings (SSSR count). The van der Waals surface area contributed by atoms with E-state index in [2.05, 4.69) is 25.9 Å². The van der Waals surface area contributed by atoms with E-state index in [0.717, 1.165) is 16.5 Å². The molecule has 3 amide bonds. The topological polar surface area (TPSA) is 231 Å². The van der Waals surface area contributed by atoms with Gasteiger partial charge in [-0.25, -0.2) is 0 Å². The van der Waals surface area contributed by atoms with Crippen LogP contribution in [0.3, 0.4) is 0 Å². The molecule has 0 aliphatic heterocycles. The summed E-state index contributed by atoms with van der Waals surface area (Å²) in [4.78, 5) is 57.0. The van der Waals surface area contributed by atoms with Crippen molar-refractivity contribution in [2.24, 2.45) is 28.1 Å². The summed E-state index contributed by atoms with van der Waals surface area (Å²) in [6, 6.07) is 4.58. The standard InChI is InChI=1S/C25H38N8O5/c1-3-14(2)21(26)24(38)33-19(11-15-12-30-17-8-5-4-7-16(15)17)23(37)32-18(9-6-10-29-25(27)28)22(36)31-13-20(34)35/h4-5,7-8,12,14,18-19,21,30H,3,6,9-11,13,26H2,1-2H3,(H,31,36)(H,32,37)(H,33,38)(H,34,35)(H4,27,28,29). The van der Waals surface area contributed by atoms with Gasteiger partial charge in [0.25, 0.3) is 0 Å². The molecule has 0 fully saturated rings. The maximum Gasteiger partial charge on any atom is 0.322 e. The Morgan fingerprint density at radius 1 is 1.05 bits per heavy atom. The van der Waals surface area contributed by atoms with Crippen LogP contribution in [0.5, 0.6) is 0 Å². The first-order valence-electron chi connectivity index (χ1n) is 12.5. The third kappa shape index (κ3) is 9.07. The van der Waals surface area contributed by atoms with Crippen LogP contribution in [-0.2, 0) is 25.6 Å². The molecule has 1 aromatic carbocycles. The summed E-state index contributed by atoms with van der Waals surface area (Å²) in [7, 11) is 0. The van der Waals surface area contributed by atoms with E-state index < -0.39 is 48.4 Å². The molecule has 38 heavy (non-hydrogen) atoms. The highest BCUT2D eigenvalue weighted by molar-refractivity contribution is 5.94. The summed E-state index contributed by atoms with van der Waals surface area (Å²) in [5.74, 6) is -3.24. The summed E-state index contributed by atoms with van der Waals surface area (Å²) in [6.07, 6.45) is 3.04. The molecular weight excluding hydrogens is 492 g/mol. The number of fused-ring (bicyclic) bond motifs is 1. The van der Waals surface area contributed by atoms with Crippen molar-refractivity contribution >= 4 is 40.6 Å². The summed E-state index contributed by atoms with van der Waals surface area (Å²) >= 11 is 0. The van der Waals surface area contributed by atoms with Gasteiger partial charge in [0.05, 0.1) is 6.04 Å². The number of aliphatic carboxylic acids is 1. The Morgan fingerprint density at radius 2 is 1.74 bits per heavy atom. The second-order valence-corrected chi connectivity index (χ2v) is 9.16. The van der Waals surface area contributed by atoms with Gasteiger partial charge in [0, 0.05) is 30.1 Å². The van der Waals surface area contributed by atoms with Crippen molar-refractivity contribution in [3.05, 3.63) is 36.0 Å². The zero-order chi connectivity index (χ0) is 28.2. The predicted octanol–water partition coefficient (Wildman–Crippen LogP) is -0.692. The monoisotopic (exact) mass is 530 g/mol. The molecule has 4 unspecified atom stereocenters. The molecule has 208 valence electrons. The van der Waals surface area contributed by atoms with Crippen LogP contribution >= 0.6 is 0 Å². The minimum absolute atomic E-state index is 0.111. The third-order valence-corrected chi connectivity index (χ3v) is 6.28. The number of aromatic amines is 1. The van der Waals surface area contributed by atoms with Gasteiger partial charge in [0.15, 0.2) is 5.96 Å². The van der Waals surface area contributed by atoms with Gasteiger partial charge in [0.1, 0.15) is 18.6 Å². The minimum atomic E-state index is -1.23. The molecule has 0 saturated carbocycles. The van der Waals surface area contributed by atoms with Crippen molar-refractivity contribution in [1.82, 2.24) is 20.9 Å². The zero-order valence-corrected chi connectivity index (χ0v) is 21.7. The fraction of sp³-hybridized carbons (Fsp3) is 0.480. The first-order chi connectivity index (χ1) is 18.0. The number of carbonyl (C=O) groups is 4. The van der Waals surface area contributed by atoms with E-state index in [-0.39, 0.29) is 31.3 Å². The first kappa shape index (κ1) is 30.1. The average molecular weight is 531 g/mol. The minimum Gasteiger partial charge on any atom is -0.480 e. The van der Waals surface area contributed by atoms with E-state index in [9.17, 15) is 19.2 Å². The Bertz CT molecular complexity index is 1140. The first-order valence-corrected chi connectivity index (χ1v) is 12.5. The SMILES string of the molecule is CCC(C)C(N)C(=O)NC(Cc1c[nH]c2ccccc12)C(=O)NC(CCCN=C(N)N)C(=O)NCC(=O)O. The third-order valence-electron chi connectivity index (χ3n) is 6.28. The molecule has 0 aliphatic rings. The number of nitrogens with two attached hydrogens (primary N) is 3. The number of aliphatic imine (C=N–C) groups is 1. The quantitative estimate of drug-likeness (QED) is 0.0832. The molecule has 1 aromatic heterocycles. The smallest absolute Gasteiger partial charge is 0.322 e. The van der Waals surface area contributed by atoms with Crippen molar-refractivity contribution in [2.45, 2.75) is 57.7 Å². The van der Waals surface area contributed by atoms with Crippen molar-refractivity contribution in [3.63, 3.8) is 0 Å². The summed E-state index contributed by atoms with van der Waals surface area (Å²) in [5, 5.41) is 17.5. The van der Waals surface area contributed by atoms with Gasteiger partial charge >= 0.3 is 5.97 Å². The van der Waals surface area contributed by atoms with Crippen LogP contribution in [0, 0.1) is 5.92 Å². The lowest BCUT2D eigenvalue weighted by atomic mass is 9.98. The number of guanidine groups is 1. The molecule has 4 atom stereocenters. The van der Waals surface area contributed by atoms with Crippen LogP contribution in [0.1, 0.15) is 38.7 Å². The van der Waals surface area contributed by atoms with E-state index >= 15 is 0 Å². The van der Waals surface area contributed by atoms with Gasteiger partial charge in [-0.3, -0.25) is 24.2 Å². The number of nitrogens with one attached hydrogen (secondary N) is 4. The number of amides is 3. The number of nitrogens with zero attached hydrogens (tertiary/aromatic N) is 1. The van der Waals surface area contributed by atoms with Crippen molar-refractivity contribution in [2.75, 3.05) is 13.1 Å². The Balaban J connectivity index is 2.27. The Kier molecular flexibility index (Phi) is 11.5. The number of carboxylic acid groups (broad SMARTS) is 1. The number of aromatic nitrogens is 1. The summed E-state index contributed by atoms with van der Waals surface area (Å²) in [5.41, 5.74) is 18.4. The number of carboxylic acids is 1. The lowest BCUT2D eigenvalue weighted by Crippen LogP contribution is -2.57. The number of hydrogen-bond acceptors (Lipinski definition) is 6. The fourth-order valence-corrected chi connectivity index (χ4v) is 3.84. The van der Waals surface area contributed by atoms with Gasteiger partial charge in [-0.1, -0.05) is 38.5 Å². The number of H-pyrrole nitrogens is 1. The van der Waals surface area contributed by atoms with Crippen molar-refractivity contribution in [3.8, 4) is 0 Å². The highest BCUT2D eigenvalue weighted by atomic mass is 16.4. The molecule has 13 heteroatoms. The molecule has 0 saturated heterocycles. The van der Waals surface area contributed by atoms with Crippen molar-refractivity contribution in [1.29, 1.82) is 0 Å². The van der Waals surface area contributed by atoms with Gasteiger partial charge in [-0.2, -0.15) is 0 Å². The Hall–Kier alpha value is -4.13. The Labute approximate surface area is 221 Å². The molecule has 0 radical (unpaired) electrons. The summed E-state index contributed by atoms with van der Waals surface area (Å²) < 4.78 is 0. The fourth-order valence-electron chi connectivity index (χ4n) is 3.84. The van der Waals surface area contributed by atoms with E-state index in [1.54, 1.807) is 6.20 Å². The second-order valence-electron chi connectivity index (χ2n) is 9.16. The zero-order valence-electron chi connectivity index (χ0n) is 21.7. The molecule has 2 aromatic rings. The van der Waals surface area contributed by atoms with Gasteiger partial charge < -0.3 is 43.2 Å². The highest BCUT2D eigenvalue weighted by Crippen LogP contribution is 2.19. The molecular formula is C25H38N8O5. The number of benzene rings is 1. The molecule has 13 nitrogen and oxygen atoms in total. The van der Waals surface area contributed by atoms with Crippen molar-refractivity contribution < 1.29 is 24.3 Å². The lowest BCUT2D eigenvalue weighted by molar-refractivity contribution is -0.138. The van der Waals surface area contributed by atoms with Crippen LogP contribution in [-0.4, -0.2) is 71.0 Å². The van der Waals surface area contributed by atoms with Gasteiger partial charge in [-0.15, -0.1) is 0 Å². The van der Waals surface area contributed by atoms with E-state index in [1.807, 2.05) is 38.1 Å². The largest absolute Gasteiger partial charge is 0.480 e. The van der Waals surface area contributed by atoms with Crippen LogP contribution in [0.25, 0.3) is 10.9 Å². The predicted molar refractivity (Wildman–Crippen MR) is 144 cm³/mol. The van der Waals surface area contributed by atoms with Crippen LogP contribution in [0.15, 0.2) is 35.5 Å². The highest BCUT2D eigenvalue weighted by Gasteiger charge is 2.30. The molecule has 1 heterocycles. The Morgan fingerprint density at radius 3 is 2.39 bits per heavy atom. The normalized spacial score (nSPS) is 14.1. The molecule has 0 bridgehead atoms. The number of hydrogen-bond donors (Lipinski definition) is 8. The second kappa shape index (κ2) is 14.6. The van der Waals surface area contributed by atoms with Gasteiger partial charge in [0.2, 0.25) is 17.7 Å². The van der Waals surface area contributed by atoms with Crippen LogP contribution in [0.2, 0.25) is 0 Å². The summed E-state index contributed by atoms with van der Waals surface area (Å²) in [6.45, 7) is 3.35. The van der Waals surface area contributed by atoms with E-state index in [1.165, 1.54) is 0 Å². The molecule has 0 spiro atoms. The van der Waals surface area contributed by atoms with Gasteiger partial charge in [-0.05, 0) is 30.4 Å². The number of para-hydroxylation sites is 1. The molecule has 0 aliphatic carbocycles. The number of rotatable bonds is 15. The maximum atomic E-state index is 13.5. The lowest BCUT2D eigenvalue weighted by Gasteiger charge is -2.25. The average Bonchev–Trinajstić information content (AvgIpc) is 3.29. The van der Waals surface area contributed by atoms with Crippen LogP contribution in [0.4, 0.5) is 0 Å². The molecule has 11 N–H and O–H groups in total.